The van der Waals surface area contributed by atoms with E-state index in [1.165, 1.54) is 30.5 Å². The van der Waals surface area contributed by atoms with Gasteiger partial charge in [0.25, 0.3) is 0 Å². The molecule has 1 fully saturated rings. The molecule has 2 aromatic rings. The Balaban J connectivity index is 1.68. The normalized spacial score (nSPS) is 28.8. The van der Waals surface area contributed by atoms with Gasteiger partial charge in [-0.2, -0.15) is 0 Å². The van der Waals surface area contributed by atoms with Crippen molar-refractivity contribution < 1.29 is 9.13 Å². The Hall–Kier alpha value is -1.39. The minimum Gasteiger partial charge on any atom is -0.368 e. The summed E-state index contributed by atoms with van der Waals surface area (Å²) in [5.41, 5.74) is 3.56. The van der Waals surface area contributed by atoms with Crippen molar-refractivity contribution >= 4 is 10.9 Å². The molecule has 1 aromatic heterocycles. The lowest BCUT2D eigenvalue weighted by Crippen LogP contribution is -2.56. The molecular formula is C24H35FN2O. The highest BCUT2D eigenvalue weighted by Gasteiger charge is 2.50. The summed E-state index contributed by atoms with van der Waals surface area (Å²) < 4.78 is 20.4. The molecule has 0 bridgehead atoms. The first-order valence-electron chi connectivity index (χ1n) is 11.1. The lowest BCUT2D eigenvalue weighted by molar-refractivity contribution is -0.122. The molecule has 0 saturated heterocycles. The second-order valence-corrected chi connectivity index (χ2v) is 9.15. The number of nitrogens with zero attached hydrogens (tertiary/aromatic N) is 1. The van der Waals surface area contributed by atoms with Crippen LogP contribution in [-0.2, 0) is 16.8 Å². The molecule has 4 rings (SSSR count). The van der Waals surface area contributed by atoms with Crippen LogP contribution in [0.15, 0.2) is 18.2 Å². The third-order valence-electron chi connectivity index (χ3n) is 7.76. The van der Waals surface area contributed by atoms with E-state index in [1.807, 2.05) is 6.07 Å². The smallest absolute Gasteiger partial charge is 0.123 e. The van der Waals surface area contributed by atoms with Gasteiger partial charge in [0, 0.05) is 16.4 Å². The zero-order valence-corrected chi connectivity index (χ0v) is 17.9. The Kier molecular flexibility index (Phi) is 5.30. The average molecular weight is 387 g/mol. The van der Waals surface area contributed by atoms with Crippen molar-refractivity contribution in [3.05, 3.63) is 35.3 Å². The summed E-state index contributed by atoms with van der Waals surface area (Å²) in [6, 6.07) is 5.11. The van der Waals surface area contributed by atoms with E-state index >= 15 is 0 Å². The highest BCUT2D eigenvalue weighted by atomic mass is 19.1. The molecule has 0 radical (unpaired) electrons. The lowest BCUT2D eigenvalue weighted by atomic mass is 9.64. The number of ether oxygens (including phenoxy) is 1. The van der Waals surface area contributed by atoms with E-state index in [9.17, 15) is 4.39 Å². The van der Waals surface area contributed by atoms with Gasteiger partial charge in [0.05, 0.1) is 12.3 Å². The third kappa shape index (κ3) is 3.00. The summed E-state index contributed by atoms with van der Waals surface area (Å²) in [6.07, 6.45) is 9.02. The molecule has 1 saturated carbocycles. The van der Waals surface area contributed by atoms with Crippen LogP contribution in [0.4, 0.5) is 4.39 Å². The van der Waals surface area contributed by atoms with Crippen LogP contribution in [-0.4, -0.2) is 36.1 Å². The maximum atomic E-state index is 13.9. The maximum Gasteiger partial charge on any atom is 0.123 e. The number of nitrogens with one attached hydrogen (secondary N) is 1. The van der Waals surface area contributed by atoms with Crippen molar-refractivity contribution in [3.8, 4) is 0 Å². The largest absolute Gasteiger partial charge is 0.368 e. The molecule has 3 nitrogen and oxygen atoms in total. The van der Waals surface area contributed by atoms with E-state index < -0.39 is 0 Å². The molecule has 0 amide bonds. The van der Waals surface area contributed by atoms with E-state index in [-0.39, 0.29) is 17.0 Å². The fourth-order valence-electron chi connectivity index (χ4n) is 6.19. The van der Waals surface area contributed by atoms with Gasteiger partial charge < -0.3 is 14.6 Å². The van der Waals surface area contributed by atoms with Crippen LogP contribution in [0.2, 0.25) is 0 Å². The predicted octanol–water partition coefficient (Wildman–Crippen LogP) is 5.78. The van der Waals surface area contributed by atoms with Crippen molar-refractivity contribution in [2.45, 2.75) is 76.4 Å². The highest BCUT2D eigenvalue weighted by Crippen LogP contribution is 2.52. The third-order valence-corrected chi connectivity index (χ3v) is 7.76. The first-order valence-corrected chi connectivity index (χ1v) is 11.1. The molecule has 1 unspecified atom stereocenters. The van der Waals surface area contributed by atoms with Gasteiger partial charge >= 0.3 is 0 Å². The van der Waals surface area contributed by atoms with Crippen LogP contribution in [0.3, 0.4) is 0 Å². The van der Waals surface area contributed by atoms with E-state index in [1.54, 1.807) is 12.1 Å². The molecule has 2 aliphatic rings. The standard InChI is InChI=1S/C24H35FN2O/c1-5-7-17(6-2)23(27(3)4)11-13-24(14-12-23)22-19(10-15-28-24)20-16-18(25)8-9-21(20)26-22/h8-9,16-17,26H,5-7,10-15H2,1-4H3. The molecule has 1 aliphatic carbocycles. The Bertz CT molecular complexity index is 832. The van der Waals surface area contributed by atoms with Gasteiger partial charge in [0.1, 0.15) is 11.4 Å². The zero-order valence-electron chi connectivity index (χ0n) is 17.9. The van der Waals surface area contributed by atoms with Crippen LogP contribution in [0.5, 0.6) is 0 Å². The number of halogens is 1. The minimum absolute atomic E-state index is 0.157. The Labute approximate surface area is 168 Å². The van der Waals surface area contributed by atoms with Crippen molar-refractivity contribution in [1.29, 1.82) is 0 Å². The van der Waals surface area contributed by atoms with Gasteiger partial charge in [-0.3, -0.25) is 0 Å². The van der Waals surface area contributed by atoms with Crippen molar-refractivity contribution in [1.82, 2.24) is 9.88 Å². The van der Waals surface area contributed by atoms with Gasteiger partial charge in [-0.25, -0.2) is 4.39 Å². The summed E-state index contributed by atoms with van der Waals surface area (Å²) >= 11 is 0. The number of benzene rings is 1. The van der Waals surface area contributed by atoms with Gasteiger partial charge in [-0.1, -0.05) is 26.7 Å². The second kappa shape index (κ2) is 7.46. The average Bonchev–Trinajstić information content (AvgIpc) is 3.06. The fourth-order valence-corrected chi connectivity index (χ4v) is 6.19. The first-order chi connectivity index (χ1) is 13.5. The molecule has 1 atom stereocenters. The van der Waals surface area contributed by atoms with Gasteiger partial charge in [0.15, 0.2) is 0 Å². The highest BCUT2D eigenvalue weighted by molar-refractivity contribution is 5.85. The molecular weight excluding hydrogens is 351 g/mol. The van der Waals surface area contributed by atoms with E-state index in [0.717, 1.165) is 55.5 Å². The van der Waals surface area contributed by atoms with Gasteiger partial charge in [-0.15, -0.1) is 0 Å². The molecule has 1 N–H and O–H groups in total. The number of hydrogen-bond donors (Lipinski definition) is 1. The number of rotatable bonds is 5. The van der Waals surface area contributed by atoms with Crippen LogP contribution < -0.4 is 0 Å². The summed E-state index contributed by atoms with van der Waals surface area (Å²) in [5, 5.41) is 1.04. The van der Waals surface area contributed by atoms with Gasteiger partial charge in [0.2, 0.25) is 0 Å². The first kappa shape index (κ1) is 19.9. The molecule has 154 valence electrons. The molecule has 1 aliphatic heterocycles. The van der Waals surface area contributed by atoms with E-state index in [2.05, 4.69) is 37.8 Å². The number of hydrogen-bond acceptors (Lipinski definition) is 2. The van der Waals surface area contributed by atoms with Crippen LogP contribution in [0.25, 0.3) is 10.9 Å². The SMILES string of the molecule is CCCC(CC)C1(N(C)C)CCC2(CC1)OCCc1c2[nH]c2ccc(F)cc12. The number of H-pyrrole nitrogens is 1. The summed E-state index contributed by atoms with van der Waals surface area (Å²) in [5.74, 6) is 0.570. The van der Waals surface area contributed by atoms with Gasteiger partial charge in [-0.05, 0) is 82.3 Å². The maximum absolute atomic E-state index is 13.9. The molecule has 1 aromatic carbocycles. The number of aromatic amines is 1. The summed E-state index contributed by atoms with van der Waals surface area (Å²) in [7, 11) is 4.52. The topological polar surface area (TPSA) is 28.3 Å². The van der Waals surface area contributed by atoms with Crippen molar-refractivity contribution in [2.75, 3.05) is 20.7 Å². The number of aromatic nitrogens is 1. The van der Waals surface area contributed by atoms with Crippen LogP contribution in [0.1, 0.15) is 70.1 Å². The molecule has 28 heavy (non-hydrogen) atoms. The zero-order chi connectivity index (χ0) is 19.9. The Morgan fingerprint density at radius 1 is 1.18 bits per heavy atom. The summed E-state index contributed by atoms with van der Waals surface area (Å²) in [6.45, 7) is 5.38. The second-order valence-electron chi connectivity index (χ2n) is 9.15. The van der Waals surface area contributed by atoms with Crippen LogP contribution >= 0.6 is 0 Å². The summed E-state index contributed by atoms with van der Waals surface area (Å²) in [4.78, 5) is 6.12. The van der Waals surface area contributed by atoms with Crippen molar-refractivity contribution in [3.63, 3.8) is 0 Å². The van der Waals surface area contributed by atoms with E-state index in [0.29, 0.717) is 0 Å². The van der Waals surface area contributed by atoms with Crippen molar-refractivity contribution in [2.24, 2.45) is 5.92 Å². The molecule has 2 heterocycles. The predicted molar refractivity (Wildman–Crippen MR) is 113 cm³/mol. The van der Waals surface area contributed by atoms with E-state index in [4.69, 9.17) is 4.74 Å². The fraction of sp³-hybridized carbons (Fsp3) is 0.667. The molecule has 4 heteroatoms. The minimum atomic E-state index is -0.229. The molecule has 1 spiro atoms. The number of fused-ring (bicyclic) bond motifs is 4. The Morgan fingerprint density at radius 3 is 2.57 bits per heavy atom. The monoisotopic (exact) mass is 386 g/mol. The lowest BCUT2D eigenvalue weighted by Gasteiger charge is -2.54. The van der Waals surface area contributed by atoms with Crippen LogP contribution in [0, 0.1) is 11.7 Å². The Morgan fingerprint density at radius 2 is 1.93 bits per heavy atom. The quantitative estimate of drug-likeness (QED) is 0.706.